The summed E-state index contributed by atoms with van der Waals surface area (Å²) in [6.45, 7) is 4.93. The summed E-state index contributed by atoms with van der Waals surface area (Å²) in [7, 11) is 0. The van der Waals surface area contributed by atoms with Crippen LogP contribution < -0.4 is 5.32 Å². The molecular formula is C12H14BrNO. The van der Waals surface area contributed by atoms with Crippen molar-refractivity contribution in [2.75, 3.05) is 13.1 Å². The second kappa shape index (κ2) is 3.30. The Morgan fingerprint density at radius 1 is 1.53 bits per heavy atom. The number of benzene rings is 1. The lowest BCUT2D eigenvalue weighted by atomic mass is 9.82. The van der Waals surface area contributed by atoms with E-state index < -0.39 is 0 Å². The molecule has 0 radical (unpaired) electrons. The molecule has 1 aromatic carbocycles. The summed E-state index contributed by atoms with van der Waals surface area (Å²) in [5.41, 5.74) is 2.76. The van der Waals surface area contributed by atoms with Crippen LogP contribution >= 0.6 is 15.9 Å². The second-order valence-corrected chi connectivity index (χ2v) is 5.45. The van der Waals surface area contributed by atoms with E-state index in [0.29, 0.717) is 5.92 Å². The van der Waals surface area contributed by atoms with Gasteiger partial charge in [-0.05, 0) is 24.1 Å². The van der Waals surface area contributed by atoms with Crippen LogP contribution in [0.5, 0.6) is 0 Å². The molecule has 2 atom stereocenters. The van der Waals surface area contributed by atoms with Crippen molar-refractivity contribution in [3.05, 3.63) is 33.8 Å². The van der Waals surface area contributed by atoms with E-state index in [2.05, 4.69) is 46.4 Å². The van der Waals surface area contributed by atoms with Crippen LogP contribution in [0.1, 0.15) is 24.0 Å². The first kappa shape index (κ1) is 9.82. The van der Waals surface area contributed by atoms with Gasteiger partial charge in [0.15, 0.2) is 0 Å². The third-order valence-corrected chi connectivity index (χ3v) is 4.38. The first-order chi connectivity index (χ1) is 7.21. The fraction of sp³-hybridized carbons (Fsp3) is 0.500. The first-order valence-electron chi connectivity index (χ1n) is 5.33. The molecule has 0 saturated carbocycles. The lowest BCUT2D eigenvalue weighted by Crippen LogP contribution is -2.39. The van der Waals surface area contributed by atoms with Gasteiger partial charge >= 0.3 is 0 Å². The summed E-state index contributed by atoms with van der Waals surface area (Å²) in [6, 6.07) is 6.44. The van der Waals surface area contributed by atoms with Crippen molar-refractivity contribution in [3.63, 3.8) is 0 Å². The maximum atomic E-state index is 6.00. The van der Waals surface area contributed by atoms with Crippen molar-refractivity contribution in [1.82, 2.24) is 5.32 Å². The molecule has 3 rings (SSSR count). The van der Waals surface area contributed by atoms with Gasteiger partial charge in [-0.15, -0.1) is 0 Å². The van der Waals surface area contributed by atoms with Crippen molar-refractivity contribution in [2.45, 2.75) is 25.0 Å². The van der Waals surface area contributed by atoms with Gasteiger partial charge in [0, 0.05) is 23.5 Å². The van der Waals surface area contributed by atoms with Gasteiger partial charge in [0.2, 0.25) is 0 Å². The molecule has 1 unspecified atom stereocenters. The molecule has 3 heteroatoms. The van der Waals surface area contributed by atoms with Crippen LogP contribution in [0.15, 0.2) is 22.7 Å². The van der Waals surface area contributed by atoms with Gasteiger partial charge in [-0.2, -0.15) is 0 Å². The van der Waals surface area contributed by atoms with Crippen molar-refractivity contribution in [2.24, 2.45) is 0 Å². The van der Waals surface area contributed by atoms with E-state index in [9.17, 15) is 0 Å². The molecular weight excluding hydrogens is 254 g/mol. The van der Waals surface area contributed by atoms with E-state index in [1.807, 2.05) is 0 Å². The summed E-state index contributed by atoms with van der Waals surface area (Å²) in [5.74, 6) is 0.499. The molecule has 0 bridgehead atoms. The predicted octanol–water partition coefficient (Wildman–Crippen LogP) is 2.42. The summed E-state index contributed by atoms with van der Waals surface area (Å²) in [5, 5.41) is 3.42. The van der Waals surface area contributed by atoms with Gasteiger partial charge in [-0.3, -0.25) is 0 Å². The monoisotopic (exact) mass is 267 g/mol. The average molecular weight is 268 g/mol. The van der Waals surface area contributed by atoms with Crippen LogP contribution in [0.3, 0.4) is 0 Å². The molecule has 0 aliphatic carbocycles. The highest BCUT2D eigenvalue weighted by Crippen LogP contribution is 2.42. The number of halogens is 1. The highest BCUT2D eigenvalue weighted by atomic mass is 79.9. The van der Waals surface area contributed by atoms with Crippen LogP contribution in [0.25, 0.3) is 0 Å². The fourth-order valence-corrected chi connectivity index (χ4v) is 3.18. The Kier molecular flexibility index (Phi) is 2.16. The van der Waals surface area contributed by atoms with Gasteiger partial charge < -0.3 is 10.1 Å². The minimum absolute atomic E-state index is 0.00616. The van der Waals surface area contributed by atoms with E-state index in [-0.39, 0.29) is 5.60 Å². The van der Waals surface area contributed by atoms with E-state index in [0.717, 1.165) is 19.7 Å². The molecule has 80 valence electrons. The Morgan fingerprint density at radius 3 is 3.27 bits per heavy atom. The molecule has 1 saturated heterocycles. The molecule has 0 spiro atoms. The molecule has 15 heavy (non-hydrogen) atoms. The number of hydrogen-bond donors (Lipinski definition) is 1. The maximum Gasteiger partial charge on any atom is 0.0863 e. The fourth-order valence-electron chi connectivity index (χ4n) is 2.69. The normalized spacial score (nSPS) is 33.6. The third kappa shape index (κ3) is 1.37. The minimum Gasteiger partial charge on any atom is -0.369 e. The number of ether oxygens (including phenoxy) is 1. The van der Waals surface area contributed by atoms with Gasteiger partial charge in [0.25, 0.3) is 0 Å². The molecule has 2 aliphatic rings. The van der Waals surface area contributed by atoms with Crippen LogP contribution in [-0.2, 0) is 11.3 Å². The summed E-state index contributed by atoms with van der Waals surface area (Å²) in [6.07, 6.45) is 0. The number of hydrogen-bond acceptors (Lipinski definition) is 2. The van der Waals surface area contributed by atoms with E-state index in [1.54, 1.807) is 0 Å². The zero-order chi connectivity index (χ0) is 10.5. The molecule has 2 nitrogen and oxygen atoms in total. The lowest BCUT2D eigenvalue weighted by Gasteiger charge is -2.37. The maximum absolute atomic E-state index is 6.00. The molecule has 0 aromatic heterocycles. The Labute approximate surface area is 98.1 Å². The van der Waals surface area contributed by atoms with Gasteiger partial charge in [-0.25, -0.2) is 0 Å². The summed E-state index contributed by atoms with van der Waals surface area (Å²) in [4.78, 5) is 0. The number of nitrogens with one attached hydrogen (secondary N) is 1. The third-order valence-electron chi connectivity index (χ3n) is 3.64. The quantitative estimate of drug-likeness (QED) is 0.780. The summed E-state index contributed by atoms with van der Waals surface area (Å²) < 4.78 is 7.18. The SMILES string of the molecule is CC12CNC[C@@H]1c1cccc(Br)c1CO2. The van der Waals surface area contributed by atoms with Crippen LogP contribution in [0.4, 0.5) is 0 Å². The zero-order valence-corrected chi connectivity index (χ0v) is 10.3. The smallest absolute Gasteiger partial charge is 0.0863 e. The Bertz CT molecular complexity index is 407. The topological polar surface area (TPSA) is 21.3 Å². The molecule has 2 aliphatic heterocycles. The lowest BCUT2D eigenvalue weighted by molar-refractivity contribution is -0.0520. The van der Waals surface area contributed by atoms with Gasteiger partial charge in [0.1, 0.15) is 0 Å². The van der Waals surface area contributed by atoms with Crippen molar-refractivity contribution >= 4 is 15.9 Å². The predicted molar refractivity (Wildman–Crippen MR) is 62.9 cm³/mol. The van der Waals surface area contributed by atoms with E-state index in [1.165, 1.54) is 15.6 Å². The first-order valence-corrected chi connectivity index (χ1v) is 6.12. The number of fused-ring (bicyclic) bond motifs is 3. The standard InChI is InChI=1S/C12H14BrNO/c1-12-7-14-5-10(12)8-3-2-4-11(13)9(8)6-15-12/h2-4,10,14H,5-7H2,1H3/t10-,12?/m1/s1. The highest BCUT2D eigenvalue weighted by molar-refractivity contribution is 9.10. The van der Waals surface area contributed by atoms with Crippen molar-refractivity contribution in [1.29, 1.82) is 0 Å². The molecule has 1 aromatic rings. The average Bonchev–Trinajstić information content (AvgIpc) is 2.60. The number of rotatable bonds is 0. The molecule has 0 amide bonds. The zero-order valence-electron chi connectivity index (χ0n) is 8.72. The van der Waals surface area contributed by atoms with Crippen LogP contribution in [0, 0.1) is 0 Å². The molecule has 2 heterocycles. The minimum atomic E-state index is -0.00616. The molecule has 1 N–H and O–H groups in total. The second-order valence-electron chi connectivity index (χ2n) is 4.59. The Morgan fingerprint density at radius 2 is 2.40 bits per heavy atom. The van der Waals surface area contributed by atoms with Crippen molar-refractivity contribution < 1.29 is 4.74 Å². The highest BCUT2D eigenvalue weighted by Gasteiger charge is 2.44. The molecule has 1 fully saturated rings. The van der Waals surface area contributed by atoms with Crippen LogP contribution in [0.2, 0.25) is 0 Å². The van der Waals surface area contributed by atoms with E-state index >= 15 is 0 Å². The largest absolute Gasteiger partial charge is 0.369 e. The Balaban J connectivity index is 2.13. The van der Waals surface area contributed by atoms with E-state index in [4.69, 9.17) is 4.74 Å². The van der Waals surface area contributed by atoms with Gasteiger partial charge in [0.05, 0.1) is 12.2 Å². The van der Waals surface area contributed by atoms with Gasteiger partial charge in [-0.1, -0.05) is 28.1 Å². The Hall–Kier alpha value is -0.380. The van der Waals surface area contributed by atoms with Crippen LogP contribution in [-0.4, -0.2) is 18.7 Å². The van der Waals surface area contributed by atoms with Crippen molar-refractivity contribution in [3.8, 4) is 0 Å². The summed E-state index contributed by atoms with van der Waals surface area (Å²) >= 11 is 3.60.